The summed E-state index contributed by atoms with van der Waals surface area (Å²) in [5.74, 6) is -1.04. The Morgan fingerprint density at radius 2 is 1.95 bits per heavy atom. The van der Waals surface area contributed by atoms with E-state index in [9.17, 15) is 8.78 Å². The molecule has 0 radical (unpaired) electrons. The number of anilines is 1. The zero-order chi connectivity index (χ0) is 15.1. The fourth-order valence-corrected chi connectivity index (χ4v) is 2.21. The third-order valence-corrected chi connectivity index (χ3v) is 3.24. The summed E-state index contributed by atoms with van der Waals surface area (Å²) in [5.41, 5.74) is 7.63. The topological polar surface area (TPSA) is 61.7 Å². The third-order valence-electron chi connectivity index (χ3n) is 3.24. The number of nitrogens with two attached hydrogens (primary N) is 1. The number of nitrogens with zero attached hydrogens (tertiary/aromatic N) is 4. The molecule has 2 heterocycles. The molecule has 0 bridgehead atoms. The highest BCUT2D eigenvalue weighted by atomic mass is 19.1. The number of rotatable bonds is 2. The molecule has 0 aliphatic heterocycles. The summed E-state index contributed by atoms with van der Waals surface area (Å²) in [7, 11) is 3.48. The maximum absolute atomic E-state index is 14.1. The number of hydrogen-bond acceptors (Lipinski definition) is 3. The lowest BCUT2D eigenvalue weighted by atomic mass is 10.0. The zero-order valence-electron chi connectivity index (χ0n) is 11.5. The normalized spacial score (nSPS) is 11.0. The molecule has 21 heavy (non-hydrogen) atoms. The van der Waals surface area contributed by atoms with Crippen molar-refractivity contribution in [3.8, 4) is 22.5 Å². The Balaban J connectivity index is 2.26. The van der Waals surface area contributed by atoms with Crippen molar-refractivity contribution in [2.75, 3.05) is 5.73 Å². The van der Waals surface area contributed by atoms with Gasteiger partial charge >= 0.3 is 0 Å². The van der Waals surface area contributed by atoms with Crippen molar-refractivity contribution < 1.29 is 8.78 Å². The summed E-state index contributed by atoms with van der Waals surface area (Å²) in [6.45, 7) is 0. The largest absolute Gasteiger partial charge is 0.383 e. The molecule has 0 spiro atoms. The molecular formula is C14H13F2N5. The van der Waals surface area contributed by atoms with Crippen LogP contribution in [0, 0.1) is 11.6 Å². The van der Waals surface area contributed by atoms with Gasteiger partial charge < -0.3 is 10.3 Å². The lowest BCUT2D eigenvalue weighted by molar-refractivity contribution is 0.585. The number of benzene rings is 1. The van der Waals surface area contributed by atoms with E-state index in [2.05, 4.69) is 10.1 Å². The number of hydrogen-bond donors (Lipinski definition) is 1. The smallest absolute Gasteiger partial charge is 0.134 e. The van der Waals surface area contributed by atoms with E-state index in [0.29, 0.717) is 22.8 Å². The van der Waals surface area contributed by atoms with E-state index in [-0.39, 0.29) is 5.56 Å². The van der Waals surface area contributed by atoms with Crippen LogP contribution in [0.4, 0.5) is 14.6 Å². The fourth-order valence-electron chi connectivity index (χ4n) is 2.21. The summed E-state index contributed by atoms with van der Waals surface area (Å²) in [6.07, 6.45) is 3.37. The monoisotopic (exact) mass is 289 g/mol. The average molecular weight is 289 g/mol. The molecule has 0 aliphatic carbocycles. The van der Waals surface area contributed by atoms with Crippen LogP contribution in [-0.4, -0.2) is 19.3 Å². The van der Waals surface area contributed by atoms with Gasteiger partial charge in [-0.05, 0) is 12.1 Å². The second-order valence-corrected chi connectivity index (χ2v) is 4.78. The van der Waals surface area contributed by atoms with E-state index < -0.39 is 11.6 Å². The summed E-state index contributed by atoms with van der Waals surface area (Å²) < 4.78 is 30.4. The van der Waals surface area contributed by atoms with Crippen LogP contribution in [0.1, 0.15) is 0 Å². The van der Waals surface area contributed by atoms with Gasteiger partial charge in [0, 0.05) is 31.9 Å². The van der Waals surface area contributed by atoms with Crippen LogP contribution in [0.5, 0.6) is 0 Å². The fraction of sp³-hybridized carbons (Fsp3) is 0.143. The standard InChI is InChI=1S/C14H13F2N5/c1-20-6-11(18-7-20)13-12(14(17)21(2)19-13)9-4-3-8(15)5-10(9)16/h3-7H,17H2,1-2H3. The predicted molar refractivity (Wildman–Crippen MR) is 75.2 cm³/mol. The molecule has 0 unspecified atom stereocenters. The first-order valence-corrected chi connectivity index (χ1v) is 6.23. The van der Waals surface area contributed by atoms with Crippen molar-refractivity contribution in [1.82, 2.24) is 19.3 Å². The van der Waals surface area contributed by atoms with Gasteiger partial charge in [0.1, 0.15) is 28.8 Å². The van der Waals surface area contributed by atoms with E-state index in [1.807, 2.05) is 7.05 Å². The van der Waals surface area contributed by atoms with E-state index in [4.69, 9.17) is 5.73 Å². The Labute approximate surface area is 119 Å². The van der Waals surface area contributed by atoms with Crippen LogP contribution in [0.15, 0.2) is 30.7 Å². The molecule has 1 aromatic carbocycles. The molecule has 0 amide bonds. The number of imidazole rings is 1. The Morgan fingerprint density at radius 1 is 1.19 bits per heavy atom. The van der Waals surface area contributed by atoms with Gasteiger partial charge in [0.2, 0.25) is 0 Å². The molecule has 5 nitrogen and oxygen atoms in total. The zero-order valence-corrected chi connectivity index (χ0v) is 11.5. The first-order chi connectivity index (χ1) is 9.97. The molecule has 0 aliphatic rings. The van der Waals surface area contributed by atoms with Crippen LogP contribution in [-0.2, 0) is 14.1 Å². The minimum absolute atomic E-state index is 0.197. The molecule has 2 aromatic heterocycles. The first-order valence-electron chi connectivity index (χ1n) is 6.23. The van der Waals surface area contributed by atoms with Crippen molar-refractivity contribution in [3.63, 3.8) is 0 Å². The van der Waals surface area contributed by atoms with Crippen molar-refractivity contribution in [2.45, 2.75) is 0 Å². The molecule has 2 N–H and O–H groups in total. The second-order valence-electron chi connectivity index (χ2n) is 4.78. The van der Waals surface area contributed by atoms with Gasteiger partial charge in [-0.3, -0.25) is 4.68 Å². The Kier molecular flexibility index (Phi) is 2.97. The van der Waals surface area contributed by atoms with E-state index >= 15 is 0 Å². The van der Waals surface area contributed by atoms with Gasteiger partial charge in [-0.1, -0.05) is 0 Å². The van der Waals surface area contributed by atoms with Crippen LogP contribution >= 0.6 is 0 Å². The van der Waals surface area contributed by atoms with Crippen molar-refractivity contribution in [2.24, 2.45) is 14.1 Å². The van der Waals surface area contributed by atoms with Crippen LogP contribution in [0.2, 0.25) is 0 Å². The first kappa shape index (κ1) is 13.3. The summed E-state index contributed by atoms with van der Waals surface area (Å²) >= 11 is 0. The van der Waals surface area contributed by atoms with Crippen LogP contribution in [0.3, 0.4) is 0 Å². The maximum atomic E-state index is 14.1. The molecule has 3 rings (SSSR count). The maximum Gasteiger partial charge on any atom is 0.134 e. The Hall–Kier alpha value is -2.70. The highest BCUT2D eigenvalue weighted by Gasteiger charge is 2.21. The Bertz CT molecular complexity index is 819. The minimum Gasteiger partial charge on any atom is -0.383 e. The summed E-state index contributed by atoms with van der Waals surface area (Å²) in [4.78, 5) is 4.21. The Morgan fingerprint density at radius 3 is 2.57 bits per heavy atom. The number of aromatic nitrogens is 4. The third kappa shape index (κ3) is 2.16. The van der Waals surface area contributed by atoms with Gasteiger partial charge in [0.05, 0.1) is 11.9 Å². The highest BCUT2D eigenvalue weighted by molar-refractivity contribution is 5.87. The van der Waals surface area contributed by atoms with Crippen molar-refractivity contribution in [1.29, 1.82) is 0 Å². The van der Waals surface area contributed by atoms with Crippen molar-refractivity contribution >= 4 is 5.82 Å². The molecule has 7 heteroatoms. The highest BCUT2D eigenvalue weighted by Crippen LogP contribution is 2.36. The molecule has 0 saturated heterocycles. The van der Waals surface area contributed by atoms with Crippen LogP contribution in [0.25, 0.3) is 22.5 Å². The van der Waals surface area contributed by atoms with Crippen molar-refractivity contribution in [3.05, 3.63) is 42.4 Å². The second kappa shape index (κ2) is 4.69. The number of aryl methyl sites for hydroxylation is 2. The van der Waals surface area contributed by atoms with E-state index in [1.165, 1.54) is 16.8 Å². The molecule has 0 fully saturated rings. The average Bonchev–Trinajstić information content (AvgIpc) is 2.96. The molecule has 0 saturated carbocycles. The lowest BCUT2D eigenvalue weighted by Crippen LogP contribution is -1.98. The van der Waals surface area contributed by atoms with Gasteiger partial charge in [0.15, 0.2) is 0 Å². The summed E-state index contributed by atoms with van der Waals surface area (Å²) in [5, 5.41) is 4.29. The van der Waals surface area contributed by atoms with Gasteiger partial charge in [-0.2, -0.15) is 5.10 Å². The van der Waals surface area contributed by atoms with Gasteiger partial charge in [-0.25, -0.2) is 13.8 Å². The molecule has 0 atom stereocenters. The molecular weight excluding hydrogens is 276 g/mol. The van der Waals surface area contributed by atoms with E-state index in [1.54, 1.807) is 24.1 Å². The summed E-state index contributed by atoms with van der Waals surface area (Å²) in [6, 6.07) is 3.36. The minimum atomic E-state index is -0.688. The predicted octanol–water partition coefficient (Wildman–Crippen LogP) is 2.35. The van der Waals surface area contributed by atoms with Gasteiger partial charge in [0.25, 0.3) is 0 Å². The molecule has 3 aromatic rings. The van der Waals surface area contributed by atoms with Crippen LogP contribution < -0.4 is 5.73 Å². The number of halogens is 2. The van der Waals surface area contributed by atoms with Gasteiger partial charge in [-0.15, -0.1) is 0 Å². The molecule has 108 valence electrons. The quantitative estimate of drug-likeness (QED) is 0.787. The lowest BCUT2D eigenvalue weighted by Gasteiger charge is -2.04. The van der Waals surface area contributed by atoms with E-state index in [0.717, 1.165) is 6.07 Å². The number of nitrogen functional groups attached to an aromatic ring is 1. The SMILES string of the molecule is Cn1cnc(-c2nn(C)c(N)c2-c2ccc(F)cc2F)c1.